The molecule has 1 unspecified atom stereocenters. The van der Waals surface area contributed by atoms with E-state index in [2.05, 4.69) is 10.3 Å². The summed E-state index contributed by atoms with van der Waals surface area (Å²) in [5, 5.41) is 3.19. The van der Waals surface area contributed by atoms with E-state index in [1.807, 2.05) is 37.3 Å². The standard InChI is InChI=1S/C16H18N2O2/c1-3-20-16(19)15(13-5-4-10-17-11-13)18-14-8-6-12(2)7-9-14/h4-11,15,18H,3H2,1-2H3. The van der Waals surface area contributed by atoms with Crippen LogP contribution in [0.3, 0.4) is 0 Å². The zero-order valence-electron chi connectivity index (χ0n) is 11.7. The van der Waals surface area contributed by atoms with E-state index in [0.717, 1.165) is 11.3 Å². The lowest BCUT2D eigenvalue weighted by Gasteiger charge is -2.18. The van der Waals surface area contributed by atoms with Gasteiger partial charge in [-0.25, -0.2) is 4.79 Å². The van der Waals surface area contributed by atoms with Crippen LogP contribution in [0.2, 0.25) is 0 Å². The third kappa shape index (κ3) is 3.57. The van der Waals surface area contributed by atoms with E-state index in [9.17, 15) is 4.79 Å². The van der Waals surface area contributed by atoms with Crippen LogP contribution in [0.5, 0.6) is 0 Å². The summed E-state index contributed by atoms with van der Waals surface area (Å²) in [6.07, 6.45) is 3.35. The highest BCUT2D eigenvalue weighted by atomic mass is 16.5. The number of nitrogens with one attached hydrogen (secondary N) is 1. The number of aryl methyl sites for hydroxylation is 1. The maximum absolute atomic E-state index is 12.1. The Morgan fingerprint density at radius 3 is 2.65 bits per heavy atom. The second kappa shape index (κ2) is 6.70. The molecule has 0 spiro atoms. The van der Waals surface area contributed by atoms with Gasteiger partial charge in [-0.15, -0.1) is 0 Å². The van der Waals surface area contributed by atoms with Gasteiger partial charge in [0.15, 0.2) is 6.04 Å². The number of ether oxygens (including phenoxy) is 1. The van der Waals surface area contributed by atoms with Crippen LogP contribution in [-0.4, -0.2) is 17.6 Å². The van der Waals surface area contributed by atoms with Gasteiger partial charge < -0.3 is 10.1 Å². The molecular weight excluding hydrogens is 252 g/mol. The minimum atomic E-state index is -0.550. The molecule has 0 radical (unpaired) electrons. The van der Waals surface area contributed by atoms with Gasteiger partial charge in [0, 0.05) is 23.6 Å². The average molecular weight is 270 g/mol. The minimum Gasteiger partial charge on any atom is -0.464 e. The highest BCUT2D eigenvalue weighted by Crippen LogP contribution is 2.20. The molecule has 20 heavy (non-hydrogen) atoms. The molecule has 0 amide bonds. The molecule has 0 saturated heterocycles. The molecule has 2 aromatic rings. The maximum Gasteiger partial charge on any atom is 0.333 e. The monoisotopic (exact) mass is 270 g/mol. The predicted molar refractivity (Wildman–Crippen MR) is 78.4 cm³/mol. The molecule has 0 saturated carbocycles. The van der Waals surface area contributed by atoms with Gasteiger partial charge in [0.2, 0.25) is 0 Å². The molecule has 2 rings (SSSR count). The van der Waals surface area contributed by atoms with E-state index in [0.29, 0.717) is 6.61 Å². The van der Waals surface area contributed by atoms with Crippen molar-refractivity contribution in [3.8, 4) is 0 Å². The molecule has 0 fully saturated rings. The number of hydrogen-bond acceptors (Lipinski definition) is 4. The van der Waals surface area contributed by atoms with Crippen LogP contribution in [0.4, 0.5) is 5.69 Å². The zero-order chi connectivity index (χ0) is 14.4. The Morgan fingerprint density at radius 1 is 1.30 bits per heavy atom. The first kappa shape index (κ1) is 14.1. The van der Waals surface area contributed by atoms with Crippen molar-refractivity contribution in [3.63, 3.8) is 0 Å². The van der Waals surface area contributed by atoms with Crippen molar-refractivity contribution >= 4 is 11.7 Å². The molecule has 1 aromatic heterocycles. The molecule has 1 atom stereocenters. The van der Waals surface area contributed by atoms with Gasteiger partial charge in [-0.3, -0.25) is 4.98 Å². The lowest BCUT2D eigenvalue weighted by molar-refractivity contribution is -0.144. The van der Waals surface area contributed by atoms with Crippen LogP contribution < -0.4 is 5.32 Å². The Labute approximate surface area is 118 Å². The van der Waals surface area contributed by atoms with E-state index in [4.69, 9.17) is 4.74 Å². The van der Waals surface area contributed by atoms with Gasteiger partial charge in [0.05, 0.1) is 6.61 Å². The summed E-state index contributed by atoms with van der Waals surface area (Å²) in [5.41, 5.74) is 2.83. The quantitative estimate of drug-likeness (QED) is 0.848. The maximum atomic E-state index is 12.1. The number of hydrogen-bond donors (Lipinski definition) is 1. The van der Waals surface area contributed by atoms with Crippen LogP contribution in [0.15, 0.2) is 48.8 Å². The molecule has 4 heteroatoms. The summed E-state index contributed by atoms with van der Waals surface area (Å²) < 4.78 is 5.13. The van der Waals surface area contributed by atoms with Crippen molar-refractivity contribution < 1.29 is 9.53 Å². The minimum absolute atomic E-state index is 0.305. The number of benzene rings is 1. The van der Waals surface area contributed by atoms with Gasteiger partial charge in [0.25, 0.3) is 0 Å². The summed E-state index contributed by atoms with van der Waals surface area (Å²) >= 11 is 0. The largest absolute Gasteiger partial charge is 0.464 e. The molecule has 0 bridgehead atoms. The number of aromatic nitrogens is 1. The van der Waals surface area contributed by atoms with Crippen LogP contribution in [-0.2, 0) is 9.53 Å². The SMILES string of the molecule is CCOC(=O)C(Nc1ccc(C)cc1)c1cccnc1. The zero-order valence-corrected chi connectivity index (χ0v) is 11.7. The number of pyridine rings is 1. The van der Waals surface area contributed by atoms with Crippen molar-refractivity contribution in [3.05, 3.63) is 59.9 Å². The molecule has 4 nitrogen and oxygen atoms in total. The highest BCUT2D eigenvalue weighted by Gasteiger charge is 2.21. The molecule has 104 valence electrons. The smallest absolute Gasteiger partial charge is 0.333 e. The van der Waals surface area contributed by atoms with Crippen molar-refractivity contribution in [1.29, 1.82) is 0 Å². The molecular formula is C16H18N2O2. The number of esters is 1. The number of nitrogens with zero attached hydrogens (tertiary/aromatic N) is 1. The Bertz CT molecular complexity index is 552. The van der Waals surface area contributed by atoms with Crippen molar-refractivity contribution in [2.24, 2.45) is 0 Å². The lowest BCUT2D eigenvalue weighted by atomic mass is 10.1. The number of carbonyl (C=O) groups is 1. The first-order valence-corrected chi connectivity index (χ1v) is 6.60. The fourth-order valence-electron chi connectivity index (χ4n) is 1.87. The molecule has 0 aliphatic carbocycles. The summed E-state index contributed by atoms with van der Waals surface area (Å²) in [6, 6.07) is 11.0. The lowest BCUT2D eigenvalue weighted by Crippen LogP contribution is -2.23. The van der Waals surface area contributed by atoms with Crippen molar-refractivity contribution in [2.75, 3.05) is 11.9 Å². The number of rotatable bonds is 5. The van der Waals surface area contributed by atoms with E-state index in [-0.39, 0.29) is 5.97 Å². The molecule has 0 aliphatic heterocycles. The van der Waals surface area contributed by atoms with Gasteiger partial charge in [-0.2, -0.15) is 0 Å². The Kier molecular flexibility index (Phi) is 4.71. The second-order valence-corrected chi connectivity index (χ2v) is 4.48. The van der Waals surface area contributed by atoms with E-state index >= 15 is 0 Å². The summed E-state index contributed by atoms with van der Waals surface area (Å²) in [4.78, 5) is 16.2. The fourth-order valence-corrected chi connectivity index (χ4v) is 1.87. The van der Waals surface area contributed by atoms with Crippen LogP contribution in [0, 0.1) is 6.92 Å². The van der Waals surface area contributed by atoms with Crippen molar-refractivity contribution in [2.45, 2.75) is 19.9 Å². The molecule has 0 aliphatic rings. The van der Waals surface area contributed by atoms with Crippen LogP contribution in [0.1, 0.15) is 24.1 Å². The third-order valence-corrected chi connectivity index (χ3v) is 2.90. The molecule has 1 heterocycles. The van der Waals surface area contributed by atoms with Crippen molar-refractivity contribution in [1.82, 2.24) is 4.98 Å². The average Bonchev–Trinajstić information content (AvgIpc) is 2.48. The number of carbonyl (C=O) groups excluding carboxylic acids is 1. The molecule has 1 aromatic carbocycles. The summed E-state index contributed by atoms with van der Waals surface area (Å²) in [7, 11) is 0. The molecule has 1 N–H and O–H groups in total. The normalized spacial score (nSPS) is 11.7. The van der Waals surface area contributed by atoms with Gasteiger partial charge >= 0.3 is 5.97 Å². The third-order valence-electron chi connectivity index (χ3n) is 2.90. The Hall–Kier alpha value is -2.36. The highest BCUT2D eigenvalue weighted by molar-refractivity contribution is 5.81. The van der Waals surface area contributed by atoms with E-state index in [1.165, 1.54) is 5.56 Å². The second-order valence-electron chi connectivity index (χ2n) is 4.48. The van der Waals surface area contributed by atoms with Crippen LogP contribution >= 0.6 is 0 Å². The first-order valence-electron chi connectivity index (χ1n) is 6.60. The van der Waals surface area contributed by atoms with Gasteiger partial charge in [0.1, 0.15) is 0 Å². The summed E-state index contributed by atoms with van der Waals surface area (Å²) in [5.74, 6) is -0.305. The van der Waals surface area contributed by atoms with Crippen LogP contribution in [0.25, 0.3) is 0 Å². The van der Waals surface area contributed by atoms with E-state index < -0.39 is 6.04 Å². The predicted octanol–water partition coefficient (Wildman–Crippen LogP) is 3.11. The number of anilines is 1. The fraction of sp³-hybridized carbons (Fsp3) is 0.250. The topological polar surface area (TPSA) is 51.2 Å². The van der Waals surface area contributed by atoms with Gasteiger partial charge in [-0.05, 0) is 32.0 Å². The first-order chi connectivity index (χ1) is 9.70. The summed E-state index contributed by atoms with van der Waals surface area (Å²) in [6.45, 7) is 4.17. The van der Waals surface area contributed by atoms with E-state index in [1.54, 1.807) is 25.4 Å². The Balaban J connectivity index is 2.23. The Morgan fingerprint density at radius 2 is 2.05 bits per heavy atom. The van der Waals surface area contributed by atoms with Gasteiger partial charge in [-0.1, -0.05) is 23.8 Å².